The molecule has 2 aromatic carbocycles. The van der Waals surface area contributed by atoms with Crippen molar-refractivity contribution in [2.75, 3.05) is 25.5 Å². The Kier molecular flexibility index (Phi) is 5.78. The van der Waals surface area contributed by atoms with Gasteiger partial charge < -0.3 is 4.90 Å². The SMILES string of the molecule is CCCN1C(=O)C(=Cc2ccc(N(C)C)cc2)SC1=Nc1ccccc1. The number of hydrogen-bond acceptors (Lipinski definition) is 4. The summed E-state index contributed by atoms with van der Waals surface area (Å²) in [6, 6.07) is 17.9. The number of rotatable bonds is 5. The van der Waals surface area contributed by atoms with E-state index >= 15 is 0 Å². The quantitative estimate of drug-likeness (QED) is 0.716. The molecule has 4 nitrogen and oxygen atoms in total. The van der Waals surface area contributed by atoms with Gasteiger partial charge in [-0.15, -0.1) is 0 Å². The van der Waals surface area contributed by atoms with Gasteiger partial charge in [0.2, 0.25) is 0 Å². The molecular formula is C21H23N3OS. The van der Waals surface area contributed by atoms with Crippen molar-refractivity contribution < 1.29 is 4.79 Å². The van der Waals surface area contributed by atoms with Crippen LogP contribution in [-0.2, 0) is 4.79 Å². The molecule has 0 aromatic heterocycles. The number of benzene rings is 2. The zero-order valence-corrected chi connectivity index (χ0v) is 16.2. The molecule has 2 aromatic rings. The molecule has 0 aliphatic carbocycles. The normalized spacial score (nSPS) is 17.3. The van der Waals surface area contributed by atoms with Crippen LogP contribution in [0.4, 0.5) is 11.4 Å². The molecule has 0 N–H and O–H groups in total. The van der Waals surface area contributed by atoms with Gasteiger partial charge in [0.1, 0.15) is 0 Å². The number of para-hydroxylation sites is 1. The van der Waals surface area contributed by atoms with Crippen LogP contribution < -0.4 is 4.90 Å². The third-order valence-corrected chi connectivity index (χ3v) is 5.03. The molecule has 1 amide bonds. The van der Waals surface area contributed by atoms with Gasteiger partial charge in [0.25, 0.3) is 5.91 Å². The molecule has 0 spiro atoms. The minimum Gasteiger partial charge on any atom is -0.378 e. The highest BCUT2D eigenvalue weighted by molar-refractivity contribution is 8.18. The molecular weight excluding hydrogens is 342 g/mol. The maximum atomic E-state index is 12.8. The van der Waals surface area contributed by atoms with E-state index in [0.717, 1.165) is 28.5 Å². The second-order valence-electron chi connectivity index (χ2n) is 6.28. The molecule has 0 saturated carbocycles. The summed E-state index contributed by atoms with van der Waals surface area (Å²) in [4.78, 5) is 22.0. The molecule has 1 aliphatic heterocycles. The molecule has 134 valence electrons. The smallest absolute Gasteiger partial charge is 0.266 e. The second kappa shape index (κ2) is 8.23. The molecule has 3 rings (SSSR count). The van der Waals surface area contributed by atoms with E-state index in [1.807, 2.05) is 62.6 Å². The van der Waals surface area contributed by atoms with E-state index in [2.05, 4.69) is 28.9 Å². The van der Waals surface area contributed by atoms with Crippen molar-refractivity contribution >= 4 is 40.3 Å². The van der Waals surface area contributed by atoms with Gasteiger partial charge in [-0.3, -0.25) is 9.69 Å². The highest BCUT2D eigenvalue weighted by Gasteiger charge is 2.32. The number of thioether (sulfide) groups is 1. The summed E-state index contributed by atoms with van der Waals surface area (Å²) in [5, 5.41) is 0.749. The second-order valence-corrected chi connectivity index (χ2v) is 7.29. The van der Waals surface area contributed by atoms with Crippen molar-refractivity contribution in [1.82, 2.24) is 4.90 Å². The highest BCUT2D eigenvalue weighted by Crippen LogP contribution is 2.34. The Balaban J connectivity index is 1.89. The van der Waals surface area contributed by atoms with E-state index in [1.54, 1.807) is 4.90 Å². The van der Waals surface area contributed by atoms with Crippen LogP contribution in [0.25, 0.3) is 6.08 Å². The molecule has 5 heteroatoms. The first kappa shape index (κ1) is 18.3. The number of nitrogens with zero attached hydrogens (tertiary/aromatic N) is 3. The van der Waals surface area contributed by atoms with Crippen LogP contribution in [0.3, 0.4) is 0 Å². The molecule has 1 saturated heterocycles. The van der Waals surface area contributed by atoms with Gasteiger partial charge in [0, 0.05) is 26.3 Å². The standard InChI is InChI=1S/C21H23N3OS/c1-4-14-24-20(25)19(15-16-10-12-18(13-11-16)23(2)3)26-21(24)22-17-8-6-5-7-9-17/h5-13,15H,4,14H2,1-3H3. The largest absolute Gasteiger partial charge is 0.378 e. The van der Waals surface area contributed by atoms with Gasteiger partial charge in [-0.1, -0.05) is 37.3 Å². The van der Waals surface area contributed by atoms with Gasteiger partial charge in [-0.2, -0.15) is 0 Å². The first-order valence-electron chi connectivity index (χ1n) is 8.71. The van der Waals surface area contributed by atoms with Crippen LogP contribution in [0.5, 0.6) is 0 Å². The topological polar surface area (TPSA) is 35.9 Å². The van der Waals surface area contributed by atoms with Gasteiger partial charge in [0.15, 0.2) is 5.17 Å². The van der Waals surface area contributed by atoms with Crippen molar-refractivity contribution in [3.05, 3.63) is 65.1 Å². The number of carbonyl (C=O) groups is 1. The Morgan fingerprint density at radius 1 is 1.08 bits per heavy atom. The van der Waals surface area contributed by atoms with Crippen LogP contribution >= 0.6 is 11.8 Å². The fourth-order valence-corrected chi connectivity index (χ4v) is 3.67. The number of amides is 1. The average molecular weight is 366 g/mol. The number of aliphatic imine (C=N–C) groups is 1. The Morgan fingerprint density at radius 2 is 1.77 bits per heavy atom. The fourth-order valence-electron chi connectivity index (χ4n) is 2.65. The Hall–Kier alpha value is -2.53. The van der Waals surface area contributed by atoms with Crippen molar-refractivity contribution in [3.63, 3.8) is 0 Å². The zero-order valence-electron chi connectivity index (χ0n) is 15.3. The summed E-state index contributed by atoms with van der Waals surface area (Å²) in [6.45, 7) is 2.74. The summed E-state index contributed by atoms with van der Waals surface area (Å²) in [5.41, 5.74) is 3.01. The van der Waals surface area contributed by atoms with E-state index in [1.165, 1.54) is 11.8 Å². The van der Waals surface area contributed by atoms with Crippen LogP contribution in [-0.4, -0.2) is 36.6 Å². The summed E-state index contributed by atoms with van der Waals surface area (Å²) in [7, 11) is 4.03. The maximum Gasteiger partial charge on any atom is 0.266 e. The first-order chi connectivity index (χ1) is 12.6. The predicted molar refractivity (Wildman–Crippen MR) is 112 cm³/mol. The lowest BCUT2D eigenvalue weighted by atomic mass is 10.2. The Labute approximate surface area is 159 Å². The third kappa shape index (κ3) is 4.17. The number of hydrogen-bond donors (Lipinski definition) is 0. The van der Waals surface area contributed by atoms with Gasteiger partial charge in [0.05, 0.1) is 10.6 Å². The molecule has 1 heterocycles. The first-order valence-corrected chi connectivity index (χ1v) is 9.52. The van der Waals surface area contributed by atoms with Crippen molar-refractivity contribution in [2.24, 2.45) is 4.99 Å². The average Bonchev–Trinajstić information content (AvgIpc) is 2.92. The van der Waals surface area contributed by atoms with Gasteiger partial charge in [-0.05, 0) is 54.1 Å². The van der Waals surface area contributed by atoms with Crippen LogP contribution in [0, 0.1) is 0 Å². The van der Waals surface area contributed by atoms with E-state index < -0.39 is 0 Å². The van der Waals surface area contributed by atoms with Crippen molar-refractivity contribution in [3.8, 4) is 0 Å². The molecule has 0 bridgehead atoms. The van der Waals surface area contributed by atoms with Crippen LogP contribution in [0.1, 0.15) is 18.9 Å². The fraction of sp³-hybridized carbons (Fsp3) is 0.238. The summed E-state index contributed by atoms with van der Waals surface area (Å²) < 4.78 is 0. The Morgan fingerprint density at radius 3 is 2.38 bits per heavy atom. The zero-order chi connectivity index (χ0) is 18.5. The molecule has 1 fully saturated rings. The van der Waals surface area contributed by atoms with E-state index in [4.69, 9.17) is 0 Å². The summed E-state index contributed by atoms with van der Waals surface area (Å²) in [6.07, 6.45) is 2.84. The van der Waals surface area contributed by atoms with E-state index in [0.29, 0.717) is 11.4 Å². The van der Waals surface area contributed by atoms with Crippen LogP contribution in [0.15, 0.2) is 64.5 Å². The number of amidine groups is 1. The lowest BCUT2D eigenvalue weighted by molar-refractivity contribution is -0.122. The molecule has 1 aliphatic rings. The molecule has 26 heavy (non-hydrogen) atoms. The molecule has 0 radical (unpaired) electrons. The monoisotopic (exact) mass is 365 g/mol. The van der Waals surface area contributed by atoms with Crippen molar-refractivity contribution in [2.45, 2.75) is 13.3 Å². The minimum atomic E-state index is 0.0308. The van der Waals surface area contributed by atoms with Crippen molar-refractivity contribution in [1.29, 1.82) is 0 Å². The molecule has 0 atom stereocenters. The Bertz CT molecular complexity index is 826. The van der Waals surface area contributed by atoms with Gasteiger partial charge >= 0.3 is 0 Å². The minimum absolute atomic E-state index is 0.0308. The maximum absolute atomic E-state index is 12.8. The summed E-state index contributed by atoms with van der Waals surface area (Å²) in [5.74, 6) is 0.0308. The van der Waals surface area contributed by atoms with Crippen LogP contribution in [0.2, 0.25) is 0 Å². The highest BCUT2D eigenvalue weighted by atomic mass is 32.2. The predicted octanol–water partition coefficient (Wildman–Crippen LogP) is 4.77. The lowest BCUT2D eigenvalue weighted by Gasteiger charge is -2.13. The number of anilines is 1. The third-order valence-electron chi connectivity index (χ3n) is 4.02. The number of carbonyl (C=O) groups excluding carboxylic acids is 1. The molecule has 0 unspecified atom stereocenters. The summed E-state index contributed by atoms with van der Waals surface area (Å²) >= 11 is 1.44. The lowest BCUT2D eigenvalue weighted by Crippen LogP contribution is -2.29. The van der Waals surface area contributed by atoms with E-state index in [9.17, 15) is 4.79 Å². The van der Waals surface area contributed by atoms with Gasteiger partial charge in [-0.25, -0.2) is 4.99 Å². The van der Waals surface area contributed by atoms with E-state index in [-0.39, 0.29) is 5.91 Å².